The molecule has 2 N–H and O–H groups in total. The molecule has 0 aliphatic heterocycles. The van der Waals surface area contributed by atoms with Gasteiger partial charge in [-0.15, -0.1) is 0 Å². The maximum atomic E-state index is 10.4. The molecule has 0 amide bonds. The zero-order valence-electron chi connectivity index (χ0n) is 7.16. The standard InChI is InChI=1S/C8H12N2O2/c1-5(2)6-4-9-10-7(6)3-8(11)12/h4-5H,3H2,1-2H3,(H,9,10)(H,11,12). The first-order valence-corrected chi connectivity index (χ1v) is 3.85. The zero-order chi connectivity index (χ0) is 9.14. The number of carboxylic acid groups (broad SMARTS) is 1. The fraction of sp³-hybridized carbons (Fsp3) is 0.500. The molecule has 0 atom stereocenters. The van der Waals surface area contributed by atoms with Crippen molar-refractivity contribution < 1.29 is 9.90 Å². The Labute approximate surface area is 70.6 Å². The van der Waals surface area contributed by atoms with Crippen molar-refractivity contribution in [2.75, 3.05) is 0 Å². The van der Waals surface area contributed by atoms with Crippen LogP contribution in [0.2, 0.25) is 0 Å². The van der Waals surface area contributed by atoms with Gasteiger partial charge in [-0.05, 0) is 11.5 Å². The first-order valence-electron chi connectivity index (χ1n) is 3.85. The Bertz CT molecular complexity index is 278. The van der Waals surface area contributed by atoms with Gasteiger partial charge in [-0.2, -0.15) is 5.10 Å². The maximum absolute atomic E-state index is 10.4. The van der Waals surface area contributed by atoms with Gasteiger partial charge in [0.05, 0.1) is 12.6 Å². The Hall–Kier alpha value is -1.32. The van der Waals surface area contributed by atoms with Crippen LogP contribution in [0.4, 0.5) is 0 Å². The molecule has 1 aromatic rings. The Kier molecular flexibility index (Phi) is 2.47. The predicted molar refractivity (Wildman–Crippen MR) is 44.0 cm³/mol. The molecule has 0 saturated heterocycles. The van der Waals surface area contributed by atoms with Crippen LogP contribution in [-0.4, -0.2) is 21.3 Å². The van der Waals surface area contributed by atoms with Gasteiger partial charge in [0, 0.05) is 5.69 Å². The molecule has 1 rings (SSSR count). The molecular weight excluding hydrogens is 156 g/mol. The van der Waals surface area contributed by atoms with Crippen LogP contribution in [-0.2, 0) is 11.2 Å². The topological polar surface area (TPSA) is 66.0 Å². The van der Waals surface area contributed by atoms with Crippen LogP contribution in [0.3, 0.4) is 0 Å². The summed E-state index contributed by atoms with van der Waals surface area (Å²) in [6.45, 7) is 4.02. The molecule has 66 valence electrons. The van der Waals surface area contributed by atoms with Crippen molar-refractivity contribution >= 4 is 5.97 Å². The van der Waals surface area contributed by atoms with Gasteiger partial charge in [-0.25, -0.2) is 0 Å². The van der Waals surface area contributed by atoms with E-state index in [1.165, 1.54) is 0 Å². The molecule has 12 heavy (non-hydrogen) atoms. The minimum Gasteiger partial charge on any atom is -0.481 e. The predicted octanol–water partition coefficient (Wildman–Crippen LogP) is 1.16. The van der Waals surface area contributed by atoms with E-state index in [0.29, 0.717) is 11.6 Å². The fourth-order valence-corrected chi connectivity index (χ4v) is 1.11. The summed E-state index contributed by atoms with van der Waals surface area (Å²) in [6, 6.07) is 0. The van der Waals surface area contributed by atoms with Gasteiger partial charge >= 0.3 is 5.97 Å². The van der Waals surface area contributed by atoms with Crippen molar-refractivity contribution in [1.82, 2.24) is 10.2 Å². The molecular formula is C8H12N2O2. The van der Waals surface area contributed by atoms with Crippen molar-refractivity contribution in [3.05, 3.63) is 17.5 Å². The summed E-state index contributed by atoms with van der Waals surface area (Å²) >= 11 is 0. The third-order valence-corrected chi connectivity index (χ3v) is 1.70. The van der Waals surface area contributed by atoms with E-state index >= 15 is 0 Å². The van der Waals surface area contributed by atoms with E-state index < -0.39 is 5.97 Å². The quantitative estimate of drug-likeness (QED) is 0.711. The fourth-order valence-electron chi connectivity index (χ4n) is 1.11. The summed E-state index contributed by atoms with van der Waals surface area (Å²) in [5.74, 6) is -0.515. The molecule has 4 nitrogen and oxygen atoms in total. The van der Waals surface area contributed by atoms with Crippen molar-refractivity contribution in [1.29, 1.82) is 0 Å². The summed E-state index contributed by atoms with van der Waals surface area (Å²) in [6.07, 6.45) is 1.70. The Morgan fingerprint density at radius 3 is 2.92 bits per heavy atom. The summed E-state index contributed by atoms with van der Waals surface area (Å²) in [5.41, 5.74) is 1.69. The van der Waals surface area contributed by atoms with Crippen LogP contribution in [0.15, 0.2) is 6.20 Å². The number of aromatic nitrogens is 2. The lowest BCUT2D eigenvalue weighted by molar-refractivity contribution is -0.136. The summed E-state index contributed by atoms with van der Waals surface area (Å²) in [5, 5.41) is 15.0. The molecule has 4 heteroatoms. The summed E-state index contributed by atoms with van der Waals surface area (Å²) in [7, 11) is 0. The lowest BCUT2D eigenvalue weighted by Gasteiger charge is -2.02. The van der Waals surface area contributed by atoms with Gasteiger partial charge in [0.1, 0.15) is 0 Å². The van der Waals surface area contributed by atoms with Gasteiger partial charge in [0.15, 0.2) is 0 Å². The van der Waals surface area contributed by atoms with Gasteiger partial charge < -0.3 is 5.11 Å². The van der Waals surface area contributed by atoms with Crippen LogP contribution < -0.4 is 0 Å². The molecule has 0 unspecified atom stereocenters. The minimum absolute atomic E-state index is 0.0213. The number of H-pyrrole nitrogens is 1. The Morgan fingerprint density at radius 2 is 2.42 bits per heavy atom. The first kappa shape index (κ1) is 8.77. The monoisotopic (exact) mass is 168 g/mol. The molecule has 0 aliphatic carbocycles. The molecule has 0 saturated carbocycles. The van der Waals surface area contributed by atoms with Crippen LogP contribution in [0.1, 0.15) is 31.0 Å². The average Bonchev–Trinajstić information content (AvgIpc) is 2.33. The highest BCUT2D eigenvalue weighted by Crippen LogP contribution is 2.16. The third-order valence-electron chi connectivity index (χ3n) is 1.70. The lowest BCUT2D eigenvalue weighted by Crippen LogP contribution is -2.03. The Balaban J connectivity index is 2.84. The van der Waals surface area contributed by atoms with E-state index in [9.17, 15) is 4.79 Å². The number of hydrogen-bond acceptors (Lipinski definition) is 2. The number of rotatable bonds is 3. The maximum Gasteiger partial charge on any atom is 0.309 e. The molecule has 1 heterocycles. The smallest absolute Gasteiger partial charge is 0.309 e. The number of nitrogens with zero attached hydrogens (tertiary/aromatic N) is 1. The number of nitrogens with one attached hydrogen (secondary N) is 1. The van der Waals surface area contributed by atoms with Crippen LogP contribution in [0.25, 0.3) is 0 Å². The van der Waals surface area contributed by atoms with E-state index in [4.69, 9.17) is 5.11 Å². The Morgan fingerprint density at radius 1 is 1.75 bits per heavy atom. The van der Waals surface area contributed by atoms with E-state index in [1.807, 2.05) is 13.8 Å². The molecule has 0 aliphatic rings. The number of aromatic amines is 1. The highest BCUT2D eigenvalue weighted by atomic mass is 16.4. The molecule has 0 aromatic carbocycles. The summed E-state index contributed by atoms with van der Waals surface area (Å²) in [4.78, 5) is 10.4. The number of carbonyl (C=O) groups is 1. The van der Waals surface area contributed by atoms with E-state index in [0.717, 1.165) is 5.56 Å². The second-order valence-electron chi connectivity index (χ2n) is 3.03. The van der Waals surface area contributed by atoms with E-state index in [1.54, 1.807) is 6.20 Å². The highest BCUT2D eigenvalue weighted by molar-refractivity contribution is 5.70. The molecule has 0 spiro atoms. The van der Waals surface area contributed by atoms with E-state index in [-0.39, 0.29) is 6.42 Å². The van der Waals surface area contributed by atoms with Gasteiger partial charge in [-0.1, -0.05) is 13.8 Å². The van der Waals surface area contributed by atoms with Gasteiger partial charge in [-0.3, -0.25) is 9.89 Å². The second-order valence-corrected chi connectivity index (χ2v) is 3.03. The zero-order valence-corrected chi connectivity index (χ0v) is 7.16. The van der Waals surface area contributed by atoms with Crippen LogP contribution in [0.5, 0.6) is 0 Å². The second kappa shape index (κ2) is 3.38. The average molecular weight is 168 g/mol. The van der Waals surface area contributed by atoms with E-state index in [2.05, 4.69) is 10.2 Å². The first-order chi connectivity index (χ1) is 5.61. The van der Waals surface area contributed by atoms with Gasteiger partial charge in [0.25, 0.3) is 0 Å². The number of aliphatic carboxylic acids is 1. The lowest BCUT2D eigenvalue weighted by atomic mass is 10.0. The molecule has 0 radical (unpaired) electrons. The van der Waals surface area contributed by atoms with Crippen molar-refractivity contribution in [2.24, 2.45) is 0 Å². The van der Waals surface area contributed by atoms with Crippen LogP contribution in [0, 0.1) is 0 Å². The largest absolute Gasteiger partial charge is 0.481 e. The molecule has 0 fully saturated rings. The molecule has 1 aromatic heterocycles. The third kappa shape index (κ3) is 1.84. The summed E-state index contributed by atoms with van der Waals surface area (Å²) < 4.78 is 0. The minimum atomic E-state index is -0.832. The van der Waals surface area contributed by atoms with Crippen molar-refractivity contribution in [2.45, 2.75) is 26.2 Å². The van der Waals surface area contributed by atoms with Crippen molar-refractivity contribution in [3.8, 4) is 0 Å². The number of hydrogen-bond donors (Lipinski definition) is 2. The molecule has 0 bridgehead atoms. The SMILES string of the molecule is CC(C)c1cn[nH]c1CC(=O)O. The van der Waals surface area contributed by atoms with Crippen LogP contribution >= 0.6 is 0 Å². The number of carboxylic acids is 1. The van der Waals surface area contributed by atoms with Gasteiger partial charge in [0.2, 0.25) is 0 Å². The normalized spacial score (nSPS) is 10.6. The highest BCUT2D eigenvalue weighted by Gasteiger charge is 2.11. The van der Waals surface area contributed by atoms with Crippen molar-refractivity contribution in [3.63, 3.8) is 0 Å².